The Bertz CT molecular complexity index is 744. The third kappa shape index (κ3) is 6.18. The number of benzene rings is 2. The van der Waals surface area contributed by atoms with Gasteiger partial charge >= 0.3 is 11.9 Å². The topological polar surface area (TPSA) is 87.1 Å². The highest BCUT2D eigenvalue weighted by atomic mass is 16.5. The molecule has 0 heterocycles. The lowest BCUT2D eigenvalue weighted by Gasteiger charge is -2.21. The first-order valence-electron chi connectivity index (χ1n) is 9.28. The van der Waals surface area contributed by atoms with E-state index in [1.165, 1.54) is 22.3 Å². The molecular formula is C22H27NO5. The predicted octanol–water partition coefficient (Wildman–Crippen LogP) is 3.00. The van der Waals surface area contributed by atoms with Gasteiger partial charge in [0, 0.05) is 6.61 Å². The lowest BCUT2D eigenvalue weighted by Crippen LogP contribution is -2.16. The van der Waals surface area contributed by atoms with E-state index < -0.39 is 11.9 Å². The van der Waals surface area contributed by atoms with E-state index in [1.807, 2.05) is 0 Å². The van der Waals surface area contributed by atoms with Gasteiger partial charge in [-0.1, -0.05) is 48.5 Å². The number of rotatable bonds is 5. The Balaban J connectivity index is 0.000000409. The summed E-state index contributed by atoms with van der Waals surface area (Å²) in [6.45, 7) is 1.86. The number of carboxylic acid groups (broad SMARTS) is 2. The summed E-state index contributed by atoms with van der Waals surface area (Å²) < 4.78 is 6.34. The molecule has 2 aromatic carbocycles. The number of ether oxygens (including phenoxy) is 1. The molecule has 6 nitrogen and oxygen atoms in total. The minimum atomic E-state index is -1.82. The number of carbonyl (C=O) groups is 2. The zero-order valence-electron chi connectivity index (χ0n) is 16.3. The molecule has 1 aliphatic rings. The zero-order valence-corrected chi connectivity index (χ0v) is 16.3. The van der Waals surface area contributed by atoms with Crippen molar-refractivity contribution in [3.8, 4) is 0 Å². The van der Waals surface area contributed by atoms with E-state index in [4.69, 9.17) is 24.5 Å². The number of fused-ring (bicyclic) bond motifs is 2. The molecule has 0 aromatic heterocycles. The maximum atomic E-state index is 9.10. The Hall–Kier alpha value is -2.70. The van der Waals surface area contributed by atoms with E-state index in [2.05, 4.69) is 67.5 Å². The zero-order chi connectivity index (χ0) is 20.5. The molecule has 2 N–H and O–H groups in total. The fraction of sp³-hybridized carbons (Fsp3) is 0.364. The Morgan fingerprint density at radius 1 is 0.929 bits per heavy atom. The van der Waals surface area contributed by atoms with Crippen LogP contribution in [0.2, 0.25) is 0 Å². The lowest BCUT2D eigenvalue weighted by atomic mass is 9.97. The quantitative estimate of drug-likeness (QED) is 0.608. The molecule has 0 amide bonds. The molecule has 6 heteroatoms. The van der Waals surface area contributed by atoms with Crippen molar-refractivity contribution in [3.63, 3.8) is 0 Å². The van der Waals surface area contributed by atoms with Crippen molar-refractivity contribution in [2.45, 2.75) is 25.4 Å². The van der Waals surface area contributed by atoms with E-state index in [-0.39, 0.29) is 6.10 Å². The highest BCUT2D eigenvalue weighted by Gasteiger charge is 2.23. The number of nitrogens with zero attached hydrogens (tertiary/aromatic N) is 1. The van der Waals surface area contributed by atoms with Crippen LogP contribution in [0.15, 0.2) is 48.5 Å². The minimum Gasteiger partial charge on any atom is -0.473 e. The standard InChI is InChI=1S/C20H25NO.C2H2O4/c1-21(2)14-7-15-22-20-18-10-5-3-8-16(18)12-13-17-9-4-6-11-19(17)20;3-1(4)2(5)6/h3-6,8-11,20H,7,12-15H2,1-2H3;(H,3,4)(H,5,6). The number of aryl methyl sites for hydroxylation is 2. The van der Waals surface area contributed by atoms with Crippen LogP contribution >= 0.6 is 0 Å². The molecule has 0 atom stereocenters. The first-order valence-corrected chi connectivity index (χ1v) is 9.28. The van der Waals surface area contributed by atoms with Crippen LogP contribution in [-0.2, 0) is 27.2 Å². The van der Waals surface area contributed by atoms with Crippen LogP contribution < -0.4 is 0 Å². The maximum absolute atomic E-state index is 9.10. The first-order chi connectivity index (χ1) is 13.4. The van der Waals surface area contributed by atoms with Crippen LogP contribution in [0.3, 0.4) is 0 Å². The molecule has 150 valence electrons. The van der Waals surface area contributed by atoms with E-state index in [0.29, 0.717) is 0 Å². The third-order valence-electron chi connectivity index (χ3n) is 4.56. The molecular weight excluding hydrogens is 358 g/mol. The van der Waals surface area contributed by atoms with E-state index >= 15 is 0 Å². The van der Waals surface area contributed by atoms with Gasteiger partial charge in [-0.3, -0.25) is 0 Å². The average molecular weight is 385 g/mol. The van der Waals surface area contributed by atoms with E-state index in [1.54, 1.807) is 0 Å². The molecule has 0 saturated heterocycles. The molecule has 2 aromatic rings. The van der Waals surface area contributed by atoms with Crippen molar-refractivity contribution in [1.29, 1.82) is 0 Å². The normalized spacial score (nSPS) is 13.0. The van der Waals surface area contributed by atoms with Crippen LogP contribution in [0.4, 0.5) is 0 Å². The lowest BCUT2D eigenvalue weighted by molar-refractivity contribution is -0.159. The van der Waals surface area contributed by atoms with Crippen LogP contribution in [0, 0.1) is 0 Å². The number of hydrogen-bond acceptors (Lipinski definition) is 4. The highest BCUT2D eigenvalue weighted by molar-refractivity contribution is 6.27. The summed E-state index contributed by atoms with van der Waals surface area (Å²) in [5, 5.41) is 14.8. The Kier molecular flexibility index (Phi) is 8.17. The number of carboxylic acids is 2. The van der Waals surface area contributed by atoms with Crippen LogP contribution in [-0.4, -0.2) is 54.3 Å². The van der Waals surface area contributed by atoms with Crippen molar-refractivity contribution < 1.29 is 24.5 Å². The van der Waals surface area contributed by atoms with Gasteiger partial charge in [0.25, 0.3) is 0 Å². The maximum Gasteiger partial charge on any atom is 0.414 e. The van der Waals surface area contributed by atoms with Gasteiger partial charge in [0.2, 0.25) is 0 Å². The van der Waals surface area contributed by atoms with Gasteiger partial charge < -0.3 is 19.8 Å². The first kappa shape index (κ1) is 21.6. The Morgan fingerprint density at radius 3 is 1.82 bits per heavy atom. The van der Waals surface area contributed by atoms with Gasteiger partial charge in [-0.15, -0.1) is 0 Å². The summed E-state index contributed by atoms with van der Waals surface area (Å²) >= 11 is 0. The average Bonchev–Trinajstić information content (AvgIpc) is 2.83. The smallest absolute Gasteiger partial charge is 0.414 e. The molecule has 0 saturated carbocycles. The molecule has 28 heavy (non-hydrogen) atoms. The van der Waals surface area contributed by atoms with Crippen molar-refractivity contribution in [2.75, 3.05) is 27.2 Å². The van der Waals surface area contributed by atoms with Crippen molar-refractivity contribution in [1.82, 2.24) is 4.90 Å². The third-order valence-corrected chi connectivity index (χ3v) is 4.56. The summed E-state index contributed by atoms with van der Waals surface area (Å²) in [4.78, 5) is 20.4. The van der Waals surface area contributed by atoms with Gasteiger partial charge in [-0.05, 0) is 62.2 Å². The minimum absolute atomic E-state index is 0.0806. The van der Waals surface area contributed by atoms with Gasteiger partial charge in [-0.2, -0.15) is 0 Å². The summed E-state index contributed by atoms with van der Waals surface area (Å²) in [5.74, 6) is -3.65. The fourth-order valence-electron chi connectivity index (χ4n) is 3.23. The van der Waals surface area contributed by atoms with Crippen molar-refractivity contribution in [3.05, 3.63) is 70.8 Å². The summed E-state index contributed by atoms with van der Waals surface area (Å²) in [5.41, 5.74) is 5.54. The molecule has 0 radical (unpaired) electrons. The second-order valence-electron chi connectivity index (χ2n) is 6.92. The van der Waals surface area contributed by atoms with Crippen molar-refractivity contribution >= 4 is 11.9 Å². The van der Waals surface area contributed by atoms with Gasteiger partial charge in [0.1, 0.15) is 6.10 Å². The van der Waals surface area contributed by atoms with E-state index in [9.17, 15) is 0 Å². The molecule has 1 aliphatic carbocycles. The predicted molar refractivity (Wildman–Crippen MR) is 107 cm³/mol. The number of aliphatic carboxylic acids is 2. The van der Waals surface area contributed by atoms with Crippen LogP contribution in [0.25, 0.3) is 0 Å². The van der Waals surface area contributed by atoms with Gasteiger partial charge in [-0.25, -0.2) is 9.59 Å². The molecule has 0 spiro atoms. The highest BCUT2D eigenvalue weighted by Crippen LogP contribution is 2.35. The summed E-state index contributed by atoms with van der Waals surface area (Å²) in [6, 6.07) is 17.5. The fourth-order valence-corrected chi connectivity index (χ4v) is 3.23. The van der Waals surface area contributed by atoms with Crippen LogP contribution in [0.5, 0.6) is 0 Å². The summed E-state index contributed by atoms with van der Waals surface area (Å²) in [7, 11) is 4.21. The summed E-state index contributed by atoms with van der Waals surface area (Å²) in [6.07, 6.45) is 3.35. The van der Waals surface area contributed by atoms with Gasteiger partial charge in [0.15, 0.2) is 0 Å². The SMILES string of the molecule is CN(C)CCCOC1c2ccccc2CCc2ccccc21.O=C(O)C(=O)O. The number of hydrogen-bond donors (Lipinski definition) is 2. The molecule has 0 bridgehead atoms. The largest absolute Gasteiger partial charge is 0.473 e. The second kappa shape index (κ2) is 10.6. The van der Waals surface area contributed by atoms with E-state index in [0.717, 1.165) is 32.4 Å². The monoisotopic (exact) mass is 385 g/mol. The molecule has 0 fully saturated rings. The molecule has 0 unspecified atom stereocenters. The second-order valence-corrected chi connectivity index (χ2v) is 6.92. The molecule has 3 rings (SSSR count). The van der Waals surface area contributed by atoms with Crippen molar-refractivity contribution in [2.24, 2.45) is 0 Å². The van der Waals surface area contributed by atoms with Crippen LogP contribution in [0.1, 0.15) is 34.8 Å². The Morgan fingerprint density at radius 2 is 1.39 bits per heavy atom. The Labute approximate surface area is 165 Å². The van der Waals surface area contributed by atoms with Gasteiger partial charge in [0.05, 0.1) is 0 Å². The molecule has 0 aliphatic heterocycles.